The van der Waals surface area contributed by atoms with E-state index in [1.54, 1.807) is 35.2 Å². The number of nitriles is 1. The highest BCUT2D eigenvalue weighted by atomic mass is 16.5. The number of carbonyl (C=O) groups excluding carboxylic acids is 2. The number of esters is 1. The molecule has 120 valence electrons. The maximum absolute atomic E-state index is 12.0. The van der Waals surface area contributed by atoms with Gasteiger partial charge in [0.2, 0.25) is 0 Å². The van der Waals surface area contributed by atoms with Crippen molar-refractivity contribution in [3.8, 4) is 6.07 Å². The van der Waals surface area contributed by atoms with Crippen molar-refractivity contribution in [2.75, 3.05) is 19.7 Å². The molecular formula is C18H20N2O3. The predicted molar refractivity (Wildman–Crippen MR) is 86.2 cm³/mol. The van der Waals surface area contributed by atoms with Gasteiger partial charge in [-0.15, -0.1) is 0 Å². The van der Waals surface area contributed by atoms with Gasteiger partial charge in [-0.05, 0) is 36.6 Å². The van der Waals surface area contributed by atoms with E-state index < -0.39 is 5.97 Å². The molecule has 0 unspecified atom stereocenters. The van der Waals surface area contributed by atoms with Crippen molar-refractivity contribution in [1.29, 1.82) is 5.26 Å². The van der Waals surface area contributed by atoms with Crippen LogP contribution >= 0.6 is 0 Å². The molecule has 1 amide bonds. The van der Waals surface area contributed by atoms with E-state index in [2.05, 4.69) is 0 Å². The molecule has 0 bridgehead atoms. The molecule has 1 aliphatic heterocycles. The number of hydrogen-bond acceptors (Lipinski definition) is 4. The molecular weight excluding hydrogens is 292 g/mol. The van der Waals surface area contributed by atoms with Gasteiger partial charge in [0.05, 0.1) is 11.6 Å². The Labute approximate surface area is 136 Å². The topological polar surface area (TPSA) is 70.4 Å². The third kappa shape index (κ3) is 5.59. The van der Waals surface area contributed by atoms with Crippen LogP contribution in [-0.4, -0.2) is 36.5 Å². The number of amides is 1. The SMILES string of the molecule is N#Cc1ccc(/C=C/C(=O)OCC(=O)N2CCCCCC2)cc1. The fraction of sp³-hybridized carbons (Fsp3) is 0.389. The number of carbonyl (C=O) groups is 2. The average molecular weight is 312 g/mol. The smallest absolute Gasteiger partial charge is 0.331 e. The summed E-state index contributed by atoms with van der Waals surface area (Å²) in [5, 5.41) is 8.72. The number of hydrogen-bond donors (Lipinski definition) is 0. The van der Waals surface area contributed by atoms with E-state index in [0.717, 1.165) is 44.3 Å². The molecule has 1 saturated heterocycles. The van der Waals surface area contributed by atoms with Gasteiger partial charge in [-0.3, -0.25) is 4.79 Å². The third-order valence-corrected chi connectivity index (χ3v) is 3.75. The first-order valence-electron chi connectivity index (χ1n) is 7.82. The van der Waals surface area contributed by atoms with Crippen molar-refractivity contribution >= 4 is 18.0 Å². The fourth-order valence-corrected chi connectivity index (χ4v) is 2.43. The first kappa shape index (κ1) is 16.8. The van der Waals surface area contributed by atoms with Gasteiger partial charge >= 0.3 is 5.97 Å². The van der Waals surface area contributed by atoms with Gasteiger partial charge in [0, 0.05) is 19.2 Å². The van der Waals surface area contributed by atoms with Crippen molar-refractivity contribution in [2.45, 2.75) is 25.7 Å². The minimum Gasteiger partial charge on any atom is -0.452 e. The largest absolute Gasteiger partial charge is 0.452 e. The minimum atomic E-state index is -0.544. The molecule has 0 radical (unpaired) electrons. The molecule has 2 rings (SSSR count). The predicted octanol–water partition coefficient (Wildman–Crippen LogP) is 2.52. The Hall–Kier alpha value is -2.61. The molecule has 1 heterocycles. The lowest BCUT2D eigenvalue weighted by atomic mass is 10.1. The standard InChI is InChI=1S/C18H20N2O3/c19-13-16-7-5-15(6-8-16)9-10-18(22)23-14-17(21)20-11-3-1-2-4-12-20/h5-10H,1-4,11-12,14H2/b10-9+. The summed E-state index contributed by atoms with van der Waals surface area (Å²) in [6.45, 7) is 1.28. The van der Waals surface area contributed by atoms with Gasteiger partial charge in [-0.2, -0.15) is 5.26 Å². The van der Waals surface area contributed by atoms with Crippen molar-refractivity contribution in [3.05, 3.63) is 41.5 Å². The van der Waals surface area contributed by atoms with Gasteiger partial charge in [-0.1, -0.05) is 25.0 Å². The second-order valence-corrected chi connectivity index (χ2v) is 5.47. The van der Waals surface area contributed by atoms with Crippen molar-refractivity contribution in [2.24, 2.45) is 0 Å². The second kappa shape index (κ2) is 8.74. The van der Waals surface area contributed by atoms with Gasteiger partial charge < -0.3 is 9.64 Å². The Balaban J connectivity index is 1.78. The van der Waals surface area contributed by atoms with Crippen LogP contribution < -0.4 is 0 Å². The zero-order valence-electron chi connectivity index (χ0n) is 13.0. The number of likely N-dealkylation sites (tertiary alicyclic amines) is 1. The molecule has 0 aromatic heterocycles. The van der Waals surface area contributed by atoms with Crippen LogP contribution in [0.25, 0.3) is 6.08 Å². The van der Waals surface area contributed by atoms with E-state index in [9.17, 15) is 9.59 Å². The van der Waals surface area contributed by atoms with Crippen LogP contribution in [0.5, 0.6) is 0 Å². The van der Waals surface area contributed by atoms with Crippen molar-refractivity contribution in [3.63, 3.8) is 0 Å². The molecule has 0 spiro atoms. The number of rotatable bonds is 4. The van der Waals surface area contributed by atoms with E-state index in [4.69, 9.17) is 10.00 Å². The highest BCUT2D eigenvalue weighted by Gasteiger charge is 2.16. The lowest BCUT2D eigenvalue weighted by molar-refractivity contribution is -0.148. The monoisotopic (exact) mass is 312 g/mol. The Kier molecular flexibility index (Phi) is 6.37. The van der Waals surface area contributed by atoms with Crippen LogP contribution in [0.2, 0.25) is 0 Å². The van der Waals surface area contributed by atoms with Crippen LogP contribution in [0.4, 0.5) is 0 Å². The van der Waals surface area contributed by atoms with Crippen molar-refractivity contribution < 1.29 is 14.3 Å². The minimum absolute atomic E-state index is 0.132. The molecule has 23 heavy (non-hydrogen) atoms. The van der Waals surface area contributed by atoms with E-state index in [1.165, 1.54) is 6.08 Å². The number of ether oxygens (including phenoxy) is 1. The van der Waals surface area contributed by atoms with E-state index in [0.29, 0.717) is 5.56 Å². The second-order valence-electron chi connectivity index (χ2n) is 5.47. The van der Waals surface area contributed by atoms with Gasteiger partial charge in [0.15, 0.2) is 6.61 Å². The molecule has 5 heteroatoms. The molecule has 0 aliphatic carbocycles. The summed E-state index contributed by atoms with van der Waals surface area (Å²) in [7, 11) is 0. The normalized spacial score (nSPS) is 15.0. The lowest BCUT2D eigenvalue weighted by Gasteiger charge is -2.19. The Morgan fingerprint density at radius 2 is 1.78 bits per heavy atom. The third-order valence-electron chi connectivity index (χ3n) is 3.75. The van der Waals surface area contributed by atoms with Crippen LogP contribution in [0.3, 0.4) is 0 Å². The quantitative estimate of drug-likeness (QED) is 0.632. The summed E-state index contributed by atoms with van der Waals surface area (Å²) in [5.74, 6) is -0.676. The molecule has 1 fully saturated rings. The summed E-state index contributed by atoms with van der Waals surface area (Å²) in [6, 6.07) is 8.86. The Morgan fingerprint density at radius 1 is 1.13 bits per heavy atom. The van der Waals surface area contributed by atoms with Crippen LogP contribution in [0.15, 0.2) is 30.3 Å². The number of benzene rings is 1. The zero-order valence-corrected chi connectivity index (χ0v) is 13.0. The first-order chi connectivity index (χ1) is 11.2. The summed E-state index contributed by atoms with van der Waals surface area (Å²) < 4.78 is 5.00. The highest BCUT2D eigenvalue weighted by molar-refractivity contribution is 5.89. The van der Waals surface area contributed by atoms with Crippen molar-refractivity contribution in [1.82, 2.24) is 4.90 Å². The maximum Gasteiger partial charge on any atom is 0.331 e. The van der Waals surface area contributed by atoms with Crippen LogP contribution in [-0.2, 0) is 14.3 Å². The lowest BCUT2D eigenvalue weighted by Crippen LogP contribution is -2.35. The van der Waals surface area contributed by atoms with Crippen LogP contribution in [0.1, 0.15) is 36.8 Å². The van der Waals surface area contributed by atoms with Gasteiger partial charge in [0.25, 0.3) is 5.91 Å². The molecule has 5 nitrogen and oxygen atoms in total. The Morgan fingerprint density at radius 3 is 2.39 bits per heavy atom. The highest BCUT2D eigenvalue weighted by Crippen LogP contribution is 2.10. The molecule has 1 aliphatic rings. The van der Waals surface area contributed by atoms with Crippen LogP contribution in [0, 0.1) is 11.3 Å². The fourth-order valence-electron chi connectivity index (χ4n) is 2.43. The molecule has 0 atom stereocenters. The summed E-state index contributed by atoms with van der Waals surface area (Å²) >= 11 is 0. The maximum atomic E-state index is 12.0. The summed E-state index contributed by atoms with van der Waals surface area (Å²) in [5.41, 5.74) is 1.35. The summed E-state index contributed by atoms with van der Waals surface area (Å²) in [4.78, 5) is 25.4. The van der Waals surface area contributed by atoms with Gasteiger partial charge in [0.1, 0.15) is 0 Å². The van der Waals surface area contributed by atoms with Gasteiger partial charge in [-0.25, -0.2) is 4.79 Å². The van der Waals surface area contributed by atoms with E-state index >= 15 is 0 Å². The molecule has 1 aromatic rings. The number of nitrogens with zero attached hydrogens (tertiary/aromatic N) is 2. The van der Waals surface area contributed by atoms with E-state index in [-0.39, 0.29) is 12.5 Å². The molecule has 0 saturated carbocycles. The van der Waals surface area contributed by atoms with E-state index in [1.807, 2.05) is 6.07 Å². The summed E-state index contributed by atoms with van der Waals surface area (Å²) in [6.07, 6.45) is 7.21. The first-order valence-corrected chi connectivity index (χ1v) is 7.82. The zero-order chi connectivity index (χ0) is 16.5. The molecule has 0 N–H and O–H groups in total. The molecule has 1 aromatic carbocycles. The Bertz CT molecular complexity index is 606. The average Bonchev–Trinajstić information content (AvgIpc) is 2.87.